The minimum absolute atomic E-state index is 0.480. The van der Waals surface area contributed by atoms with Crippen molar-refractivity contribution < 1.29 is 23.5 Å². The van der Waals surface area contributed by atoms with E-state index in [-0.39, 0.29) is 0 Å². The fourth-order valence-electron chi connectivity index (χ4n) is 3.25. The summed E-state index contributed by atoms with van der Waals surface area (Å²) in [6, 6.07) is 26.5. The van der Waals surface area contributed by atoms with E-state index in [1.807, 2.05) is 12.1 Å². The van der Waals surface area contributed by atoms with Crippen molar-refractivity contribution in [3.63, 3.8) is 0 Å². The van der Waals surface area contributed by atoms with Gasteiger partial charge in [-0.05, 0) is 37.5 Å². The van der Waals surface area contributed by atoms with Crippen LogP contribution in [0.2, 0.25) is 0 Å². The van der Waals surface area contributed by atoms with Crippen LogP contribution in [0.4, 0.5) is 4.39 Å². The second kappa shape index (κ2) is 9.77. The van der Waals surface area contributed by atoms with Crippen LogP contribution in [0, 0.1) is 0 Å². The first-order valence-corrected chi connectivity index (χ1v) is 10.5. The van der Waals surface area contributed by atoms with E-state index in [1.165, 1.54) is 0 Å². The number of alkyl halides is 1. The van der Waals surface area contributed by atoms with Crippen LogP contribution in [0.3, 0.4) is 0 Å². The minimum Gasteiger partial charge on any atom is -0.457 e. The Balaban J connectivity index is 1.97. The molecule has 1 atom stereocenters. The number of hydrogen-bond acceptors (Lipinski definition) is 4. The Morgan fingerprint density at radius 3 is 1.62 bits per heavy atom. The summed E-state index contributed by atoms with van der Waals surface area (Å²) in [6.07, 6.45) is -1.36. The van der Waals surface area contributed by atoms with Crippen LogP contribution in [0.1, 0.15) is 43.6 Å². The van der Waals surface area contributed by atoms with Crippen molar-refractivity contribution in [3.05, 3.63) is 108 Å². The molecule has 0 saturated heterocycles. The first-order valence-electron chi connectivity index (χ1n) is 10.5. The van der Waals surface area contributed by atoms with Gasteiger partial charge in [0.2, 0.25) is 0 Å². The van der Waals surface area contributed by atoms with Gasteiger partial charge in [0.1, 0.15) is 5.60 Å². The maximum atomic E-state index is 16.2. The average molecular weight is 435 g/mol. The van der Waals surface area contributed by atoms with E-state index in [0.717, 1.165) is 0 Å². The molecule has 166 valence electrons. The molecule has 0 aliphatic heterocycles. The standard InChI is InChI=1S/C27H27FO4/c1-26(2,3)32-25(30)27(28,19-20-13-7-4-8-14-20)24(29)31-23(21-15-9-5-10-16-21)22-17-11-6-12-18-22/h4-18,23H,19H2,1-3H3/t27-/m1/s1. The number of carbonyl (C=O) groups excluding carboxylic acids is 2. The maximum Gasteiger partial charge on any atom is 0.357 e. The predicted molar refractivity (Wildman–Crippen MR) is 121 cm³/mol. The molecule has 0 aromatic heterocycles. The van der Waals surface area contributed by atoms with E-state index in [1.54, 1.807) is 99.6 Å². The van der Waals surface area contributed by atoms with Gasteiger partial charge in [-0.3, -0.25) is 0 Å². The Morgan fingerprint density at radius 1 is 0.750 bits per heavy atom. The average Bonchev–Trinajstić information content (AvgIpc) is 2.78. The Hall–Kier alpha value is -3.47. The lowest BCUT2D eigenvalue weighted by Gasteiger charge is -2.29. The molecule has 4 nitrogen and oxygen atoms in total. The van der Waals surface area contributed by atoms with Gasteiger partial charge in [0.15, 0.2) is 6.10 Å². The second-order valence-corrected chi connectivity index (χ2v) is 8.57. The molecule has 0 unspecified atom stereocenters. The fraction of sp³-hybridized carbons (Fsp3) is 0.259. The maximum absolute atomic E-state index is 16.2. The molecule has 0 N–H and O–H groups in total. The van der Waals surface area contributed by atoms with Crippen molar-refractivity contribution in [3.8, 4) is 0 Å². The van der Waals surface area contributed by atoms with Crippen LogP contribution in [0.25, 0.3) is 0 Å². The topological polar surface area (TPSA) is 52.6 Å². The molecule has 0 aliphatic rings. The molecule has 0 saturated carbocycles. The Bertz CT molecular complexity index is 990. The molecular weight excluding hydrogens is 407 g/mol. The van der Waals surface area contributed by atoms with Crippen LogP contribution in [-0.4, -0.2) is 23.2 Å². The molecule has 5 heteroatoms. The highest BCUT2D eigenvalue weighted by molar-refractivity contribution is 6.04. The first-order chi connectivity index (χ1) is 15.2. The number of ether oxygens (including phenoxy) is 2. The zero-order chi connectivity index (χ0) is 23.2. The third-order valence-electron chi connectivity index (χ3n) is 4.77. The summed E-state index contributed by atoms with van der Waals surface area (Å²) >= 11 is 0. The number of carbonyl (C=O) groups is 2. The van der Waals surface area contributed by atoms with Gasteiger partial charge in [-0.1, -0.05) is 91.0 Å². The van der Waals surface area contributed by atoms with Crippen molar-refractivity contribution in [2.75, 3.05) is 0 Å². The zero-order valence-electron chi connectivity index (χ0n) is 18.5. The Morgan fingerprint density at radius 2 is 1.19 bits per heavy atom. The molecular formula is C27H27FO4. The summed E-state index contributed by atoms with van der Waals surface area (Å²) in [6.45, 7) is 4.86. The summed E-state index contributed by atoms with van der Waals surface area (Å²) in [5.41, 5.74) is -2.16. The van der Waals surface area contributed by atoms with E-state index < -0.39 is 35.7 Å². The molecule has 3 aromatic carbocycles. The van der Waals surface area contributed by atoms with Gasteiger partial charge in [-0.2, -0.15) is 0 Å². The lowest BCUT2D eigenvalue weighted by atomic mass is 9.95. The van der Waals surface area contributed by atoms with Crippen LogP contribution in [-0.2, 0) is 25.5 Å². The SMILES string of the molecule is CC(C)(C)OC(=O)[C@@](F)(Cc1ccccc1)C(=O)OC(c1ccccc1)c1ccccc1. The quantitative estimate of drug-likeness (QED) is 0.358. The van der Waals surface area contributed by atoms with Crippen LogP contribution in [0.5, 0.6) is 0 Å². The molecule has 0 spiro atoms. The summed E-state index contributed by atoms with van der Waals surface area (Å²) in [5, 5.41) is 0. The first kappa shape index (κ1) is 23.2. The number of hydrogen-bond donors (Lipinski definition) is 0. The zero-order valence-corrected chi connectivity index (χ0v) is 18.5. The highest BCUT2D eigenvalue weighted by Crippen LogP contribution is 2.31. The summed E-state index contributed by atoms with van der Waals surface area (Å²) in [5.74, 6) is -2.55. The van der Waals surface area contributed by atoms with E-state index in [0.29, 0.717) is 16.7 Å². The van der Waals surface area contributed by atoms with E-state index in [9.17, 15) is 9.59 Å². The summed E-state index contributed by atoms with van der Waals surface area (Å²) < 4.78 is 27.2. The molecule has 0 fully saturated rings. The molecule has 3 aromatic rings. The molecule has 0 bridgehead atoms. The highest BCUT2D eigenvalue weighted by Gasteiger charge is 2.52. The van der Waals surface area contributed by atoms with Gasteiger partial charge in [-0.25, -0.2) is 14.0 Å². The molecule has 3 rings (SSSR count). The number of benzene rings is 3. The molecule has 0 aliphatic carbocycles. The fourth-order valence-corrected chi connectivity index (χ4v) is 3.25. The molecule has 0 amide bonds. The molecule has 0 radical (unpaired) electrons. The lowest BCUT2D eigenvalue weighted by molar-refractivity contribution is -0.183. The van der Waals surface area contributed by atoms with E-state index >= 15 is 4.39 Å². The van der Waals surface area contributed by atoms with E-state index in [2.05, 4.69) is 0 Å². The van der Waals surface area contributed by atoms with Gasteiger partial charge in [0, 0.05) is 6.42 Å². The number of esters is 2. The van der Waals surface area contributed by atoms with Gasteiger partial charge < -0.3 is 9.47 Å². The van der Waals surface area contributed by atoms with Crippen LogP contribution < -0.4 is 0 Å². The summed E-state index contributed by atoms with van der Waals surface area (Å²) in [4.78, 5) is 26.1. The number of halogens is 1. The second-order valence-electron chi connectivity index (χ2n) is 8.57. The van der Waals surface area contributed by atoms with E-state index in [4.69, 9.17) is 9.47 Å². The third-order valence-corrected chi connectivity index (χ3v) is 4.77. The van der Waals surface area contributed by atoms with Crippen molar-refractivity contribution >= 4 is 11.9 Å². The van der Waals surface area contributed by atoms with Gasteiger partial charge in [0.05, 0.1) is 0 Å². The Kier molecular flexibility index (Phi) is 7.08. The molecule has 32 heavy (non-hydrogen) atoms. The smallest absolute Gasteiger partial charge is 0.357 e. The minimum atomic E-state index is -3.00. The summed E-state index contributed by atoms with van der Waals surface area (Å²) in [7, 11) is 0. The lowest BCUT2D eigenvalue weighted by Crippen LogP contribution is -2.49. The van der Waals surface area contributed by atoms with Crippen molar-refractivity contribution in [2.45, 2.75) is 44.6 Å². The van der Waals surface area contributed by atoms with Crippen LogP contribution >= 0.6 is 0 Å². The Labute approximate surface area is 188 Å². The van der Waals surface area contributed by atoms with Crippen molar-refractivity contribution in [2.24, 2.45) is 0 Å². The van der Waals surface area contributed by atoms with Crippen LogP contribution in [0.15, 0.2) is 91.0 Å². The van der Waals surface area contributed by atoms with Gasteiger partial charge >= 0.3 is 17.6 Å². The molecule has 0 heterocycles. The normalized spacial score (nSPS) is 13.3. The third kappa shape index (κ3) is 5.82. The monoisotopic (exact) mass is 434 g/mol. The van der Waals surface area contributed by atoms with Crippen molar-refractivity contribution in [1.82, 2.24) is 0 Å². The highest BCUT2D eigenvalue weighted by atomic mass is 19.1. The van der Waals surface area contributed by atoms with Gasteiger partial charge in [0.25, 0.3) is 0 Å². The largest absolute Gasteiger partial charge is 0.457 e. The van der Waals surface area contributed by atoms with Gasteiger partial charge in [-0.15, -0.1) is 0 Å². The predicted octanol–water partition coefficient (Wildman–Crippen LogP) is 5.61. The van der Waals surface area contributed by atoms with Crippen molar-refractivity contribution in [1.29, 1.82) is 0 Å². The number of rotatable bonds is 7.